The summed E-state index contributed by atoms with van der Waals surface area (Å²) in [5.41, 5.74) is 22.9. The van der Waals surface area contributed by atoms with Gasteiger partial charge in [0.25, 0.3) is 0 Å². The van der Waals surface area contributed by atoms with Gasteiger partial charge in [0.15, 0.2) is 0 Å². The average molecular weight is 1070 g/mol. The normalized spacial score (nSPS) is 21.7. The highest BCUT2D eigenvalue weighted by Gasteiger charge is 2.74. The average Bonchev–Trinajstić information content (AvgIpc) is 3.32. The number of ether oxygens (including phenoxy) is 4. The highest BCUT2D eigenvalue weighted by atomic mass is 16.6. The van der Waals surface area contributed by atoms with Crippen molar-refractivity contribution >= 4 is 41.7 Å². The van der Waals surface area contributed by atoms with Gasteiger partial charge in [0.05, 0.1) is 16.2 Å². The molecule has 3 aromatic carbocycles. The highest BCUT2D eigenvalue weighted by molar-refractivity contribution is 5.96. The van der Waals surface area contributed by atoms with Gasteiger partial charge < -0.3 is 40.2 Å². The van der Waals surface area contributed by atoms with Crippen LogP contribution in [-0.2, 0) is 67.5 Å². The predicted octanol–water partition coefficient (Wildman–Crippen LogP) is 8.40. The number of carbonyl (C=O) groups is 7. The van der Waals surface area contributed by atoms with E-state index in [0.29, 0.717) is 16.7 Å². The van der Waals surface area contributed by atoms with Gasteiger partial charge in [-0.3, -0.25) is 14.4 Å². The summed E-state index contributed by atoms with van der Waals surface area (Å²) < 4.78 is 22.6. The van der Waals surface area contributed by atoms with Crippen LogP contribution in [0, 0.1) is 21.7 Å². The number of azide groups is 3. The summed E-state index contributed by atoms with van der Waals surface area (Å²) in [4.78, 5) is 110. The van der Waals surface area contributed by atoms with Crippen LogP contribution in [-0.4, -0.2) is 91.6 Å². The van der Waals surface area contributed by atoms with Gasteiger partial charge in [-0.25, -0.2) is 19.2 Å². The summed E-state index contributed by atoms with van der Waals surface area (Å²) >= 11 is 0. The number of hydrogen-bond donors (Lipinski definition) is 4. The molecule has 24 nitrogen and oxygen atoms in total. The van der Waals surface area contributed by atoms with Crippen LogP contribution >= 0.6 is 0 Å². The number of esters is 3. The van der Waals surface area contributed by atoms with E-state index in [9.17, 15) is 35.8 Å². The first-order valence-electron chi connectivity index (χ1n) is 25.9. The van der Waals surface area contributed by atoms with Crippen molar-refractivity contribution in [3.05, 3.63) is 139 Å². The van der Waals surface area contributed by atoms with Gasteiger partial charge in [0, 0.05) is 40.9 Å². The van der Waals surface area contributed by atoms with Crippen LogP contribution in [0.15, 0.2) is 106 Å². The zero-order valence-corrected chi connectivity index (χ0v) is 44.1. The molecule has 4 amide bonds. The van der Waals surface area contributed by atoms with Crippen molar-refractivity contribution in [2.24, 2.45) is 37.0 Å². The number of amides is 4. The number of rotatable bonds is 28. The fraction of sp³-hybridized carbons (Fsp3) is 0.537. The maximum Gasteiger partial charge on any atom is 0.407 e. The maximum absolute atomic E-state index is 15.6. The molecule has 414 valence electrons. The summed E-state index contributed by atoms with van der Waals surface area (Å²) in [7, 11) is 0. The molecule has 0 spiro atoms. The molecular weight excluding hydrogens is 1010 g/mol. The third kappa shape index (κ3) is 16.1. The molecule has 4 saturated carbocycles. The molecule has 0 aliphatic heterocycles. The van der Waals surface area contributed by atoms with Gasteiger partial charge >= 0.3 is 24.0 Å². The van der Waals surface area contributed by atoms with E-state index >= 15 is 14.4 Å². The summed E-state index contributed by atoms with van der Waals surface area (Å²) in [6, 6.07) is 22.4. The van der Waals surface area contributed by atoms with Crippen LogP contribution in [0.1, 0.15) is 108 Å². The molecule has 7 rings (SSSR count). The SMILES string of the molecule is CC(C)(C)OC(=O)NCCCC12CC3(C(=O)N[C@@H](CCN=[N+]=[N-])C(=O)OCc4ccccc4)CC(C(=O)N[C@@H](CCN=[N+]=[N-])C(=O)OCc4ccccc4)(C1)CC(C(=O)N[C@@H](CCN=[N+]=[N-])C(=O)OCc1ccccc1)(C2)C3. The van der Waals surface area contributed by atoms with Crippen molar-refractivity contribution in [2.45, 2.75) is 135 Å². The first kappa shape index (κ1) is 58.9. The lowest BCUT2D eigenvalue weighted by Crippen LogP contribution is -2.71. The van der Waals surface area contributed by atoms with Crippen molar-refractivity contribution in [2.75, 3.05) is 26.2 Å². The van der Waals surface area contributed by atoms with Crippen LogP contribution in [0.4, 0.5) is 4.79 Å². The fourth-order valence-electron chi connectivity index (χ4n) is 11.7. The third-order valence-corrected chi connectivity index (χ3v) is 14.4. The number of nitrogens with one attached hydrogen (secondary N) is 4. The Kier molecular flexibility index (Phi) is 20.5. The second-order valence-corrected chi connectivity index (χ2v) is 21.5. The highest BCUT2D eigenvalue weighted by Crippen LogP contribution is 2.75. The molecule has 0 aromatic heterocycles. The number of hydrogen-bond acceptors (Lipinski definition) is 14. The smallest absolute Gasteiger partial charge is 0.407 e. The lowest BCUT2D eigenvalue weighted by atomic mass is 9.34. The van der Waals surface area contributed by atoms with Crippen LogP contribution in [0.25, 0.3) is 31.3 Å². The molecule has 3 aromatic rings. The molecule has 0 heterocycles. The zero-order chi connectivity index (χ0) is 56.2. The van der Waals surface area contributed by atoms with E-state index in [0.717, 1.165) is 0 Å². The van der Waals surface area contributed by atoms with E-state index in [1.807, 2.05) is 0 Å². The molecule has 4 fully saturated rings. The van der Waals surface area contributed by atoms with Crippen LogP contribution < -0.4 is 21.3 Å². The van der Waals surface area contributed by atoms with E-state index in [1.54, 1.807) is 112 Å². The van der Waals surface area contributed by atoms with E-state index < -0.39 is 87.1 Å². The van der Waals surface area contributed by atoms with Gasteiger partial charge in [-0.15, -0.1) is 0 Å². The van der Waals surface area contributed by atoms with Crippen molar-refractivity contribution in [1.29, 1.82) is 0 Å². The standard InChI is InChI=1S/C54H67N13O11/c1-50(2,3)78-49(74)58-24-13-23-51-31-52(46(71)62-40(20-25-59-65-55)43(68)75-28-37-14-7-4-8-15-37)34-53(32-51,47(72)63-41(21-26-60-66-56)44(69)76-29-38-16-9-5-10-17-38)36-54(33-51,35-52)48(73)64-42(22-27-61-67-57)45(70)77-30-39-18-11-6-12-19-39/h4-12,14-19,40-42H,13,20-36H2,1-3H3,(H,58,74)(H,62,71)(H,63,72)(H,64,73)/t40-,41-,42-,51?,52?,53?,54?/m0/s1. The van der Waals surface area contributed by atoms with Gasteiger partial charge in [-0.1, -0.05) is 106 Å². The largest absolute Gasteiger partial charge is 0.459 e. The quantitative estimate of drug-likeness (QED) is 0.0133. The predicted molar refractivity (Wildman–Crippen MR) is 281 cm³/mol. The van der Waals surface area contributed by atoms with Crippen molar-refractivity contribution in [1.82, 2.24) is 21.3 Å². The van der Waals surface area contributed by atoms with Gasteiger partial charge in [0.2, 0.25) is 17.7 Å². The second-order valence-electron chi connectivity index (χ2n) is 21.5. The number of benzene rings is 3. The lowest BCUT2D eigenvalue weighted by Gasteiger charge is -2.69. The molecule has 0 radical (unpaired) electrons. The number of alkyl carbamates (subject to hydrolysis) is 1. The van der Waals surface area contributed by atoms with E-state index in [4.69, 9.17) is 18.9 Å². The zero-order valence-electron chi connectivity index (χ0n) is 44.1. The number of carbonyl (C=O) groups excluding carboxylic acids is 7. The lowest BCUT2D eigenvalue weighted by molar-refractivity contribution is -0.210. The first-order valence-corrected chi connectivity index (χ1v) is 25.9. The molecule has 0 unspecified atom stereocenters. The molecule has 3 atom stereocenters. The van der Waals surface area contributed by atoms with Crippen molar-refractivity contribution in [3.63, 3.8) is 0 Å². The van der Waals surface area contributed by atoms with Gasteiger partial charge in [-0.05, 0) is 130 Å². The Morgan fingerprint density at radius 3 is 1.14 bits per heavy atom. The molecular formula is C54H67N13O11. The second kappa shape index (κ2) is 27.1. The summed E-state index contributed by atoms with van der Waals surface area (Å²) in [6.45, 7) is 4.21. The molecule has 78 heavy (non-hydrogen) atoms. The molecule has 4 bridgehead atoms. The number of nitrogens with zero attached hydrogens (tertiary/aromatic N) is 9. The molecule has 0 saturated heterocycles. The van der Waals surface area contributed by atoms with E-state index in [1.165, 1.54) is 0 Å². The monoisotopic (exact) mass is 1070 g/mol. The summed E-state index contributed by atoms with van der Waals surface area (Å²) in [5.74, 6) is -4.58. The Morgan fingerprint density at radius 2 is 0.846 bits per heavy atom. The fourth-order valence-corrected chi connectivity index (χ4v) is 11.7. The Labute approximate surface area is 451 Å². The molecule has 24 heteroatoms. The van der Waals surface area contributed by atoms with Crippen LogP contribution in [0.5, 0.6) is 0 Å². The topological polar surface area (TPSA) is 351 Å². The van der Waals surface area contributed by atoms with Crippen LogP contribution in [0.3, 0.4) is 0 Å². The van der Waals surface area contributed by atoms with Gasteiger partial charge in [0.1, 0.15) is 43.5 Å². The summed E-state index contributed by atoms with van der Waals surface area (Å²) in [6.07, 6.45) is -0.865. The molecule has 4 N–H and O–H groups in total. The Balaban J connectivity index is 1.42. The van der Waals surface area contributed by atoms with Crippen molar-refractivity contribution < 1.29 is 52.5 Å². The molecule has 4 aliphatic carbocycles. The third-order valence-electron chi connectivity index (χ3n) is 14.4. The van der Waals surface area contributed by atoms with Gasteiger partial charge in [-0.2, -0.15) is 0 Å². The Morgan fingerprint density at radius 1 is 0.526 bits per heavy atom. The maximum atomic E-state index is 15.6. The Bertz CT molecular complexity index is 2490. The van der Waals surface area contributed by atoms with Crippen molar-refractivity contribution in [3.8, 4) is 0 Å². The van der Waals surface area contributed by atoms with E-state index in [2.05, 4.69) is 51.3 Å². The Hall–Kier alpha value is -8.32. The molecule has 4 aliphatic rings. The summed E-state index contributed by atoms with van der Waals surface area (Å²) in [5, 5.41) is 22.2. The van der Waals surface area contributed by atoms with E-state index in [-0.39, 0.29) is 117 Å². The minimum atomic E-state index is -1.61. The van der Waals surface area contributed by atoms with Crippen LogP contribution in [0.2, 0.25) is 0 Å². The minimum absolute atomic E-state index is 0.101. The first-order chi connectivity index (χ1) is 37.4. The minimum Gasteiger partial charge on any atom is -0.459 e.